The van der Waals surface area contributed by atoms with E-state index in [2.05, 4.69) is 4.72 Å². The largest absolute Gasteiger partial charge is 0.570 e. The normalized spacial score (nSPS) is 12.0. The van der Waals surface area contributed by atoms with Gasteiger partial charge in [0.05, 0.1) is 12.0 Å². The van der Waals surface area contributed by atoms with Gasteiger partial charge in [-0.1, -0.05) is 38.6 Å². The van der Waals surface area contributed by atoms with Crippen molar-refractivity contribution in [3.05, 3.63) is 58.6 Å². The molecule has 0 radical (unpaired) electrons. The number of sulfonamides is 1. The van der Waals surface area contributed by atoms with Crippen molar-refractivity contribution in [2.45, 2.75) is 31.1 Å². The van der Waals surface area contributed by atoms with Gasteiger partial charge in [-0.25, -0.2) is 12.8 Å². The van der Waals surface area contributed by atoms with Crippen LogP contribution in [0.15, 0.2) is 47.4 Å². The van der Waals surface area contributed by atoms with Gasteiger partial charge in [0.15, 0.2) is 0 Å². The van der Waals surface area contributed by atoms with E-state index in [0.717, 1.165) is 17.7 Å². The molecule has 0 aromatic heterocycles. The second-order valence-corrected chi connectivity index (χ2v) is 7.76. The summed E-state index contributed by atoms with van der Waals surface area (Å²) in [5.74, 6) is -0.139. The summed E-state index contributed by atoms with van der Waals surface area (Å²) >= 11 is 0. The molecule has 0 fully saturated rings. The Morgan fingerprint density at radius 2 is 1.65 bits per heavy atom. The number of rotatable bonds is 4. The van der Waals surface area contributed by atoms with Crippen LogP contribution < -0.4 is 4.74 Å². The molecule has 0 amide bonds. The summed E-state index contributed by atoms with van der Waals surface area (Å²) in [5.41, 5.74) is 1.01. The van der Waals surface area contributed by atoms with Gasteiger partial charge in [-0.15, -0.1) is 0 Å². The second kappa shape index (κ2) is 6.20. The number of hydrogen-bond donors (Lipinski definition) is 0. The lowest BCUT2D eigenvalue weighted by molar-refractivity contribution is 0.416. The molecule has 0 N–H and O–H groups in total. The molecule has 0 aliphatic carbocycles. The van der Waals surface area contributed by atoms with Crippen LogP contribution >= 0.6 is 0 Å². The molecule has 0 bridgehead atoms. The van der Waals surface area contributed by atoms with Crippen LogP contribution in [-0.2, 0) is 15.4 Å². The first kappa shape index (κ1) is 17.3. The van der Waals surface area contributed by atoms with Gasteiger partial charge in [0.2, 0.25) is 0 Å². The van der Waals surface area contributed by atoms with E-state index < -0.39 is 15.8 Å². The fourth-order valence-electron chi connectivity index (χ4n) is 2.02. The van der Waals surface area contributed by atoms with Gasteiger partial charge in [0.1, 0.15) is 21.6 Å². The molecule has 2 aromatic rings. The predicted molar refractivity (Wildman–Crippen MR) is 88.3 cm³/mol. The lowest BCUT2D eigenvalue weighted by Crippen LogP contribution is -2.11. The summed E-state index contributed by atoms with van der Waals surface area (Å²) in [7, 11) is -2.49. The van der Waals surface area contributed by atoms with Gasteiger partial charge in [-0.2, -0.15) is 0 Å². The van der Waals surface area contributed by atoms with Crippen molar-refractivity contribution in [1.29, 1.82) is 0 Å². The number of halogens is 1. The molecule has 6 heteroatoms. The van der Waals surface area contributed by atoms with Crippen molar-refractivity contribution in [3.63, 3.8) is 0 Å². The van der Waals surface area contributed by atoms with E-state index in [4.69, 9.17) is 4.74 Å². The van der Waals surface area contributed by atoms with E-state index in [1.165, 1.54) is 19.2 Å². The van der Waals surface area contributed by atoms with Crippen molar-refractivity contribution >= 4 is 15.7 Å². The molecule has 0 heterocycles. The maximum Gasteiger partial charge on any atom is 0.123 e. The van der Waals surface area contributed by atoms with Crippen LogP contribution in [0.1, 0.15) is 26.3 Å². The monoisotopic (exact) mass is 336 g/mol. The molecular formula is C17H19FNO3S-. The van der Waals surface area contributed by atoms with E-state index in [1.807, 2.05) is 26.8 Å². The molecule has 23 heavy (non-hydrogen) atoms. The number of hydrogen-bond acceptors (Lipinski definition) is 3. The number of ether oxygens (including phenoxy) is 1. The summed E-state index contributed by atoms with van der Waals surface area (Å²) in [5, 5.41) is 0. The predicted octanol–water partition coefficient (Wildman–Crippen LogP) is 4.53. The highest BCUT2D eigenvalue weighted by molar-refractivity contribution is 7.94. The number of nitrogens with zero attached hydrogens (tertiary/aromatic N) is 1. The lowest BCUT2D eigenvalue weighted by Gasteiger charge is -2.28. The maximum absolute atomic E-state index is 13.0. The minimum absolute atomic E-state index is 0.0675. The Morgan fingerprint density at radius 3 is 2.17 bits per heavy atom. The highest BCUT2D eigenvalue weighted by Crippen LogP contribution is 2.39. The third-order valence-corrected chi connectivity index (χ3v) is 4.68. The molecule has 2 aromatic carbocycles. The van der Waals surface area contributed by atoms with Gasteiger partial charge >= 0.3 is 0 Å². The molecule has 0 saturated carbocycles. The first-order valence-electron chi connectivity index (χ1n) is 7.05. The Labute approximate surface area is 136 Å². The first-order chi connectivity index (χ1) is 10.6. The molecular weight excluding hydrogens is 317 g/mol. The topological polar surface area (TPSA) is 57.5 Å². The zero-order chi connectivity index (χ0) is 17.3. The molecule has 0 saturated heterocycles. The highest BCUT2D eigenvalue weighted by atomic mass is 32.2. The summed E-state index contributed by atoms with van der Waals surface area (Å²) in [4.78, 5) is -0.0675. The molecule has 0 atom stereocenters. The van der Waals surface area contributed by atoms with Crippen LogP contribution in [0.5, 0.6) is 5.75 Å². The van der Waals surface area contributed by atoms with E-state index >= 15 is 0 Å². The zero-order valence-corrected chi connectivity index (χ0v) is 14.3. The highest BCUT2D eigenvalue weighted by Gasteiger charge is 2.15. The summed E-state index contributed by atoms with van der Waals surface area (Å²) in [6.45, 7) is 6.06. The fourth-order valence-corrected chi connectivity index (χ4v) is 3.00. The van der Waals surface area contributed by atoms with Crippen LogP contribution in [0.4, 0.5) is 10.1 Å². The Kier molecular flexibility index (Phi) is 4.66. The summed E-state index contributed by atoms with van der Waals surface area (Å²) in [6.07, 6.45) is 0. The molecule has 4 nitrogen and oxygen atoms in total. The minimum Gasteiger partial charge on any atom is -0.570 e. The van der Waals surface area contributed by atoms with E-state index in [0.29, 0.717) is 5.75 Å². The summed E-state index contributed by atoms with van der Waals surface area (Å²) in [6, 6.07) is 9.82. The van der Waals surface area contributed by atoms with Crippen molar-refractivity contribution < 1.29 is 17.5 Å². The third-order valence-electron chi connectivity index (χ3n) is 3.37. The van der Waals surface area contributed by atoms with Gasteiger partial charge < -0.3 is 9.46 Å². The SMILES string of the molecule is COc1ccc(C(C)(C)C)cc1[N-]S(=O)(=O)c1ccc(F)cc1. The maximum atomic E-state index is 13.0. The Balaban J connectivity index is 2.43. The Morgan fingerprint density at radius 1 is 1.04 bits per heavy atom. The zero-order valence-electron chi connectivity index (χ0n) is 13.5. The molecule has 0 spiro atoms. The standard InChI is InChI=1S/C17H19FNO3S/c1-17(2,3)12-5-10-16(22-4)15(11-12)19-23(20,21)14-8-6-13(18)7-9-14/h5-11H,1-4H3/q-1. The van der Waals surface area contributed by atoms with E-state index in [1.54, 1.807) is 12.1 Å². The van der Waals surface area contributed by atoms with Crippen LogP contribution in [0.3, 0.4) is 0 Å². The molecule has 0 aliphatic heterocycles. The van der Waals surface area contributed by atoms with Crippen LogP contribution in [0.2, 0.25) is 0 Å². The summed E-state index contributed by atoms with van der Waals surface area (Å²) < 4.78 is 46.8. The van der Waals surface area contributed by atoms with Crippen LogP contribution in [0.25, 0.3) is 4.72 Å². The first-order valence-corrected chi connectivity index (χ1v) is 8.49. The second-order valence-electron chi connectivity index (χ2n) is 6.16. The van der Waals surface area contributed by atoms with Gasteiger partial charge in [0.25, 0.3) is 0 Å². The van der Waals surface area contributed by atoms with Gasteiger partial charge in [-0.3, -0.25) is 0 Å². The molecule has 0 aliphatic rings. The van der Waals surface area contributed by atoms with Gasteiger partial charge in [-0.05, 0) is 41.3 Å². The smallest absolute Gasteiger partial charge is 0.123 e. The number of benzene rings is 2. The molecule has 124 valence electrons. The third kappa shape index (κ3) is 4.01. The van der Waals surface area contributed by atoms with Crippen molar-refractivity contribution in [3.8, 4) is 5.75 Å². The Hall–Kier alpha value is -2.08. The van der Waals surface area contributed by atoms with Crippen LogP contribution in [0, 0.1) is 5.82 Å². The quantitative estimate of drug-likeness (QED) is 0.824. The minimum atomic E-state index is -3.95. The van der Waals surface area contributed by atoms with Gasteiger partial charge in [0, 0.05) is 0 Å². The average Bonchev–Trinajstić information content (AvgIpc) is 2.46. The van der Waals surface area contributed by atoms with Crippen LogP contribution in [-0.4, -0.2) is 15.5 Å². The molecule has 0 unspecified atom stereocenters. The van der Waals surface area contributed by atoms with Crippen molar-refractivity contribution in [1.82, 2.24) is 0 Å². The number of methoxy groups -OCH3 is 1. The average molecular weight is 336 g/mol. The van der Waals surface area contributed by atoms with Crippen molar-refractivity contribution in [2.75, 3.05) is 7.11 Å². The Bertz CT molecular complexity index is 794. The fraction of sp³-hybridized carbons (Fsp3) is 0.294. The molecule has 2 rings (SSSR count). The van der Waals surface area contributed by atoms with E-state index in [-0.39, 0.29) is 16.0 Å². The lowest BCUT2D eigenvalue weighted by atomic mass is 9.87. The van der Waals surface area contributed by atoms with E-state index in [9.17, 15) is 12.8 Å². The van der Waals surface area contributed by atoms with Crippen molar-refractivity contribution in [2.24, 2.45) is 0 Å².